The molecule has 1 saturated heterocycles. The first-order valence-electron chi connectivity index (χ1n) is 5.04. The van der Waals surface area contributed by atoms with E-state index in [2.05, 4.69) is 10.6 Å². The molecule has 5 heteroatoms. The molecule has 0 radical (unpaired) electrons. The Morgan fingerprint density at radius 3 is 2.62 bits per heavy atom. The molecular weight excluding hydrogens is 208 g/mol. The molecule has 84 valence electrons. The molecule has 0 spiro atoms. The first kappa shape index (κ1) is 10.5. The Morgan fingerprint density at radius 1 is 1.38 bits per heavy atom. The molecular formula is C11H12N2O3. The van der Waals surface area contributed by atoms with E-state index in [0.29, 0.717) is 18.5 Å². The fraction of sp³-hybridized carbons (Fsp3) is 0.273. The third kappa shape index (κ3) is 2.31. The van der Waals surface area contributed by atoms with Crippen molar-refractivity contribution in [3.63, 3.8) is 0 Å². The van der Waals surface area contributed by atoms with E-state index in [4.69, 9.17) is 5.11 Å². The highest BCUT2D eigenvalue weighted by atomic mass is 16.3. The maximum Gasteiger partial charge on any atom is 0.246 e. The fourth-order valence-corrected chi connectivity index (χ4v) is 1.58. The van der Waals surface area contributed by atoms with E-state index in [1.807, 2.05) is 0 Å². The molecule has 1 aromatic rings. The van der Waals surface area contributed by atoms with Gasteiger partial charge in [-0.15, -0.1) is 0 Å². The van der Waals surface area contributed by atoms with Crippen LogP contribution in [-0.4, -0.2) is 23.0 Å². The van der Waals surface area contributed by atoms with Gasteiger partial charge >= 0.3 is 0 Å². The number of carbonyl (C=O) groups excluding carboxylic acids is 2. The fourth-order valence-electron chi connectivity index (χ4n) is 1.58. The molecule has 0 aromatic heterocycles. The van der Waals surface area contributed by atoms with Crippen molar-refractivity contribution in [1.82, 2.24) is 5.32 Å². The molecule has 1 heterocycles. The van der Waals surface area contributed by atoms with Gasteiger partial charge in [0.25, 0.3) is 0 Å². The van der Waals surface area contributed by atoms with Crippen LogP contribution >= 0.6 is 0 Å². The quantitative estimate of drug-likeness (QED) is 0.639. The van der Waals surface area contributed by atoms with Crippen LogP contribution in [0.4, 0.5) is 5.69 Å². The second kappa shape index (κ2) is 4.22. The number of aromatic hydroxyl groups is 1. The van der Waals surface area contributed by atoms with Crippen molar-refractivity contribution in [2.45, 2.75) is 18.9 Å². The standard InChI is InChI=1S/C11H12N2O3/c14-8-3-1-7(2-4-8)12-11(16)9-5-6-10(15)13-9/h1-4,9,14H,5-6H2,(H,12,16)(H,13,15)/t9-/m1/s1. The summed E-state index contributed by atoms with van der Waals surface area (Å²) < 4.78 is 0. The number of phenolic OH excluding ortho intramolecular Hbond substituents is 1. The van der Waals surface area contributed by atoms with Crippen LogP contribution in [0.15, 0.2) is 24.3 Å². The number of rotatable bonds is 2. The first-order chi connectivity index (χ1) is 7.65. The van der Waals surface area contributed by atoms with Crippen molar-refractivity contribution in [3.8, 4) is 5.75 Å². The lowest BCUT2D eigenvalue weighted by molar-refractivity contribution is -0.122. The monoisotopic (exact) mass is 220 g/mol. The van der Waals surface area contributed by atoms with Crippen LogP contribution in [0.2, 0.25) is 0 Å². The molecule has 1 aliphatic heterocycles. The third-order valence-electron chi connectivity index (χ3n) is 2.45. The zero-order chi connectivity index (χ0) is 11.5. The molecule has 0 aliphatic carbocycles. The Hall–Kier alpha value is -2.04. The van der Waals surface area contributed by atoms with Crippen LogP contribution < -0.4 is 10.6 Å². The summed E-state index contributed by atoms with van der Waals surface area (Å²) >= 11 is 0. The molecule has 2 amide bonds. The number of nitrogens with one attached hydrogen (secondary N) is 2. The lowest BCUT2D eigenvalue weighted by atomic mass is 10.2. The molecule has 1 atom stereocenters. The lowest BCUT2D eigenvalue weighted by Gasteiger charge is -2.10. The largest absolute Gasteiger partial charge is 0.508 e. The van der Waals surface area contributed by atoms with Gasteiger partial charge in [-0.1, -0.05) is 0 Å². The summed E-state index contributed by atoms with van der Waals surface area (Å²) in [5.74, 6) is -0.172. The van der Waals surface area contributed by atoms with Crippen molar-refractivity contribution in [3.05, 3.63) is 24.3 Å². The highest BCUT2D eigenvalue weighted by molar-refractivity contribution is 5.98. The van der Waals surface area contributed by atoms with Crippen LogP contribution in [0, 0.1) is 0 Å². The van der Waals surface area contributed by atoms with Gasteiger partial charge in [-0.2, -0.15) is 0 Å². The van der Waals surface area contributed by atoms with Crippen LogP contribution in [0.3, 0.4) is 0 Å². The third-order valence-corrected chi connectivity index (χ3v) is 2.45. The second-order valence-corrected chi connectivity index (χ2v) is 3.69. The number of hydrogen-bond donors (Lipinski definition) is 3. The van der Waals surface area contributed by atoms with Crippen molar-refractivity contribution in [1.29, 1.82) is 0 Å². The van der Waals surface area contributed by atoms with Gasteiger partial charge in [-0.25, -0.2) is 0 Å². The molecule has 5 nitrogen and oxygen atoms in total. The predicted molar refractivity (Wildman–Crippen MR) is 57.9 cm³/mol. The van der Waals surface area contributed by atoms with Gasteiger partial charge in [0.15, 0.2) is 0 Å². The van der Waals surface area contributed by atoms with Gasteiger partial charge < -0.3 is 15.7 Å². The van der Waals surface area contributed by atoms with Gasteiger partial charge in [-0.05, 0) is 30.7 Å². The number of phenols is 1. The van der Waals surface area contributed by atoms with Crippen LogP contribution in [-0.2, 0) is 9.59 Å². The van der Waals surface area contributed by atoms with Crippen LogP contribution in [0.5, 0.6) is 5.75 Å². The molecule has 1 fully saturated rings. The molecule has 1 aromatic carbocycles. The summed E-state index contributed by atoms with van der Waals surface area (Å²) in [6.07, 6.45) is 0.927. The number of benzene rings is 1. The van der Waals surface area contributed by atoms with E-state index in [1.165, 1.54) is 12.1 Å². The molecule has 3 N–H and O–H groups in total. The molecule has 0 unspecified atom stereocenters. The normalized spacial score (nSPS) is 19.2. The molecule has 1 aliphatic rings. The molecule has 16 heavy (non-hydrogen) atoms. The first-order valence-corrected chi connectivity index (χ1v) is 5.04. The Balaban J connectivity index is 1.97. The Morgan fingerprint density at radius 2 is 2.06 bits per heavy atom. The lowest BCUT2D eigenvalue weighted by Crippen LogP contribution is -2.37. The van der Waals surface area contributed by atoms with Gasteiger partial charge in [0.2, 0.25) is 11.8 Å². The minimum absolute atomic E-state index is 0.0918. The zero-order valence-corrected chi connectivity index (χ0v) is 8.56. The summed E-state index contributed by atoms with van der Waals surface area (Å²) in [6, 6.07) is 5.74. The average Bonchev–Trinajstić information content (AvgIpc) is 2.68. The maximum absolute atomic E-state index is 11.7. The van der Waals surface area contributed by atoms with E-state index in [0.717, 1.165) is 0 Å². The van der Waals surface area contributed by atoms with E-state index in [-0.39, 0.29) is 17.6 Å². The predicted octanol–water partition coefficient (Wildman–Crippen LogP) is 0.609. The van der Waals surface area contributed by atoms with E-state index in [1.54, 1.807) is 12.1 Å². The Kier molecular flexibility index (Phi) is 2.76. The summed E-state index contributed by atoms with van der Waals surface area (Å²) in [5, 5.41) is 14.3. The smallest absolute Gasteiger partial charge is 0.246 e. The SMILES string of the molecule is O=C1CC[C@H](C(=O)Nc2ccc(O)cc2)N1. The Bertz CT molecular complexity index is 414. The van der Waals surface area contributed by atoms with Gasteiger partial charge in [0, 0.05) is 12.1 Å². The number of amides is 2. The van der Waals surface area contributed by atoms with Crippen molar-refractivity contribution in [2.75, 3.05) is 5.32 Å². The minimum Gasteiger partial charge on any atom is -0.508 e. The van der Waals surface area contributed by atoms with E-state index < -0.39 is 6.04 Å². The zero-order valence-electron chi connectivity index (χ0n) is 8.56. The van der Waals surface area contributed by atoms with Crippen LogP contribution in [0.25, 0.3) is 0 Å². The summed E-state index contributed by atoms with van der Waals surface area (Å²) in [7, 11) is 0. The van der Waals surface area contributed by atoms with Gasteiger partial charge in [-0.3, -0.25) is 9.59 Å². The maximum atomic E-state index is 11.7. The van der Waals surface area contributed by atoms with Crippen molar-refractivity contribution >= 4 is 17.5 Å². The summed E-state index contributed by atoms with van der Waals surface area (Å²) in [4.78, 5) is 22.6. The summed E-state index contributed by atoms with van der Waals surface area (Å²) in [5.41, 5.74) is 0.601. The topological polar surface area (TPSA) is 78.4 Å². The van der Waals surface area contributed by atoms with Gasteiger partial charge in [0.05, 0.1) is 0 Å². The highest BCUT2D eigenvalue weighted by Gasteiger charge is 2.26. The molecule has 0 bridgehead atoms. The van der Waals surface area contributed by atoms with Crippen molar-refractivity contribution < 1.29 is 14.7 Å². The highest BCUT2D eigenvalue weighted by Crippen LogP contribution is 2.15. The van der Waals surface area contributed by atoms with Crippen LogP contribution in [0.1, 0.15) is 12.8 Å². The summed E-state index contributed by atoms with van der Waals surface area (Å²) in [6.45, 7) is 0. The van der Waals surface area contributed by atoms with Gasteiger partial charge in [0.1, 0.15) is 11.8 Å². The number of hydrogen-bond acceptors (Lipinski definition) is 3. The Labute approximate surface area is 92.5 Å². The minimum atomic E-state index is -0.443. The van der Waals surface area contributed by atoms with E-state index >= 15 is 0 Å². The second-order valence-electron chi connectivity index (χ2n) is 3.69. The molecule has 0 saturated carbocycles. The van der Waals surface area contributed by atoms with E-state index in [9.17, 15) is 9.59 Å². The number of carbonyl (C=O) groups is 2. The molecule has 2 rings (SSSR count). The average molecular weight is 220 g/mol. The number of anilines is 1. The van der Waals surface area contributed by atoms with Crippen molar-refractivity contribution in [2.24, 2.45) is 0 Å².